The van der Waals surface area contributed by atoms with Gasteiger partial charge in [-0.25, -0.2) is 4.79 Å². The van der Waals surface area contributed by atoms with Gasteiger partial charge < -0.3 is 10.6 Å². The highest BCUT2D eigenvalue weighted by Gasteiger charge is 2.36. The lowest BCUT2D eigenvalue weighted by Crippen LogP contribution is -2.36. The second-order valence-electron chi connectivity index (χ2n) is 9.53. The number of imide groups is 1. The summed E-state index contributed by atoms with van der Waals surface area (Å²) in [4.78, 5) is 40.5. The van der Waals surface area contributed by atoms with E-state index in [9.17, 15) is 14.4 Å². The first kappa shape index (κ1) is 28.6. The fraction of sp³-hybridized carbons (Fsp3) is 0.885. The minimum absolute atomic E-state index is 0.106. The molecule has 0 aromatic carbocycles. The Morgan fingerprint density at radius 1 is 0.875 bits per heavy atom. The predicted molar refractivity (Wildman–Crippen MR) is 131 cm³/mol. The maximum atomic E-state index is 12.7. The van der Waals surface area contributed by atoms with Crippen molar-refractivity contribution in [2.75, 3.05) is 26.2 Å². The Kier molecular flexibility index (Phi) is 16.1. The van der Waals surface area contributed by atoms with Gasteiger partial charge in [0.15, 0.2) is 0 Å². The lowest BCUT2D eigenvalue weighted by Gasteiger charge is -2.23. The summed E-state index contributed by atoms with van der Waals surface area (Å²) in [6.45, 7) is 6.09. The summed E-state index contributed by atoms with van der Waals surface area (Å²) in [5.41, 5.74) is 5.64. The molecule has 2 N–H and O–H groups in total. The summed E-state index contributed by atoms with van der Waals surface area (Å²) >= 11 is 0. The van der Waals surface area contributed by atoms with Crippen molar-refractivity contribution >= 4 is 17.7 Å². The monoisotopic (exact) mass is 451 g/mol. The summed E-state index contributed by atoms with van der Waals surface area (Å²) in [6, 6.07) is -0.182. The molecule has 1 rings (SSSR count). The van der Waals surface area contributed by atoms with Crippen LogP contribution in [0.15, 0.2) is 0 Å². The number of nitrogens with two attached hydrogens (primary N) is 1. The number of nitrogens with zero attached hydrogens (tertiary/aromatic N) is 2. The molecule has 6 nitrogen and oxygen atoms in total. The van der Waals surface area contributed by atoms with E-state index < -0.39 is 0 Å². The molecule has 1 aliphatic heterocycles. The van der Waals surface area contributed by atoms with Crippen molar-refractivity contribution < 1.29 is 14.4 Å². The molecule has 186 valence electrons. The first-order valence-electron chi connectivity index (χ1n) is 13.3. The van der Waals surface area contributed by atoms with Crippen LogP contribution in [-0.4, -0.2) is 53.7 Å². The van der Waals surface area contributed by atoms with E-state index >= 15 is 0 Å². The normalized spacial score (nSPS) is 15.1. The highest BCUT2D eigenvalue weighted by Crippen LogP contribution is 2.21. The van der Waals surface area contributed by atoms with Crippen LogP contribution >= 0.6 is 0 Å². The number of rotatable bonds is 21. The van der Waals surface area contributed by atoms with E-state index in [4.69, 9.17) is 5.73 Å². The molecule has 1 atom stereocenters. The molecule has 32 heavy (non-hydrogen) atoms. The minimum atomic E-state index is -0.182. The minimum Gasteiger partial charge on any atom is -0.330 e. The first-order chi connectivity index (χ1) is 15.5. The fourth-order valence-electron chi connectivity index (χ4n) is 4.48. The zero-order valence-electron chi connectivity index (χ0n) is 20.9. The number of hydrogen-bond donors (Lipinski definition) is 1. The fourth-order valence-corrected chi connectivity index (χ4v) is 4.48. The SMILES string of the molecule is CCCCCCCCCCCC(=O)CC(CCCCN)CN1CC(=O)N(CCCC)C1=O. The highest BCUT2D eigenvalue weighted by molar-refractivity contribution is 6.02. The average molecular weight is 452 g/mol. The summed E-state index contributed by atoms with van der Waals surface area (Å²) in [5.74, 6) is 0.312. The van der Waals surface area contributed by atoms with Crippen molar-refractivity contribution in [3.8, 4) is 0 Å². The second kappa shape index (κ2) is 18.0. The topological polar surface area (TPSA) is 83.7 Å². The molecule has 1 heterocycles. The Morgan fingerprint density at radius 3 is 2.12 bits per heavy atom. The van der Waals surface area contributed by atoms with Crippen LogP contribution in [0.3, 0.4) is 0 Å². The number of unbranched alkanes of at least 4 members (excludes halogenated alkanes) is 10. The van der Waals surface area contributed by atoms with Gasteiger partial charge in [0.05, 0.1) is 0 Å². The maximum absolute atomic E-state index is 12.7. The van der Waals surface area contributed by atoms with E-state index in [1.807, 2.05) is 0 Å². The van der Waals surface area contributed by atoms with Gasteiger partial charge >= 0.3 is 6.03 Å². The first-order valence-corrected chi connectivity index (χ1v) is 13.3. The molecule has 0 aliphatic carbocycles. The quantitative estimate of drug-likeness (QED) is 0.180. The zero-order chi connectivity index (χ0) is 23.6. The van der Waals surface area contributed by atoms with Crippen LogP contribution in [0.2, 0.25) is 0 Å². The van der Waals surface area contributed by atoms with Gasteiger partial charge in [-0.3, -0.25) is 14.5 Å². The molecule has 0 aromatic heterocycles. The molecule has 3 amide bonds. The molecule has 0 saturated carbocycles. The zero-order valence-corrected chi connectivity index (χ0v) is 20.9. The summed E-state index contributed by atoms with van der Waals surface area (Å²) < 4.78 is 0. The van der Waals surface area contributed by atoms with Gasteiger partial charge in [-0.1, -0.05) is 78.1 Å². The van der Waals surface area contributed by atoms with Crippen LogP contribution in [0.1, 0.15) is 117 Å². The Bertz CT molecular complexity index is 538. The number of carbonyl (C=O) groups excluding carboxylic acids is 3. The summed E-state index contributed by atoms with van der Waals surface area (Å²) in [7, 11) is 0. The van der Waals surface area contributed by atoms with Crippen LogP contribution in [0, 0.1) is 5.92 Å². The standard InChI is InChI=1S/C26H49N3O3/c1-3-5-7-8-9-10-11-12-13-17-24(30)20-23(16-14-15-18-27)21-28-22-25(31)29(26(28)32)19-6-4-2/h23H,3-22,27H2,1-2H3. The van der Waals surface area contributed by atoms with Gasteiger partial charge in [0.2, 0.25) is 5.91 Å². The van der Waals surface area contributed by atoms with Crippen molar-refractivity contribution in [2.45, 2.75) is 117 Å². The van der Waals surface area contributed by atoms with Crippen molar-refractivity contribution in [3.05, 3.63) is 0 Å². The number of urea groups is 1. The molecule has 0 bridgehead atoms. The van der Waals surface area contributed by atoms with Crippen LogP contribution in [-0.2, 0) is 9.59 Å². The molecule has 1 unspecified atom stereocenters. The second-order valence-corrected chi connectivity index (χ2v) is 9.53. The molecule has 1 saturated heterocycles. The number of ketones is 1. The smallest absolute Gasteiger partial charge is 0.327 e. The molecule has 1 aliphatic rings. The Balaban J connectivity index is 2.37. The van der Waals surface area contributed by atoms with Crippen molar-refractivity contribution in [2.24, 2.45) is 11.7 Å². The Labute approximate surface area is 196 Å². The lowest BCUT2D eigenvalue weighted by molar-refractivity contribution is -0.125. The Morgan fingerprint density at radius 2 is 1.50 bits per heavy atom. The third kappa shape index (κ3) is 12.0. The van der Waals surface area contributed by atoms with Crippen LogP contribution < -0.4 is 5.73 Å². The van der Waals surface area contributed by atoms with Gasteiger partial charge in [-0.05, 0) is 38.1 Å². The molecular formula is C26H49N3O3. The van der Waals surface area contributed by atoms with Gasteiger partial charge in [0.1, 0.15) is 12.3 Å². The van der Waals surface area contributed by atoms with E-state index in [-0.39, 0.29) is 24.4 Å². The van der Waals surface area contributed by atoms with E-state index in [1.165, 1.54) is 49.8 Å². The van der Waals surface area contributed by atoms with Gasteiger partial charge in [0, 0.05) is 25.9 Å². The number of amides is 3. The van der Waals surface area contributed by atoms with Crippen molar-refractivity contribution in [1.82, 2.24) is 9.80 Å². The average Bonchev–Trinajstić information content (AvgIpc) is 3.03. The molecule has 0 aromatic rings. The highest BCUT2D eigenvalue weighted by atomic mass is 16.2. The van der Waals surface area contributed by atoms with Gasteiger partial charge in [-0.15, -0.1) is 0 Å². The van der Waals surface area contributed by atoms with Crippen molar-refractivity contribution in [1.29, 1.82) is 0 Å². The van der Waals surface area contributed by atoms with Gasteiger partial charge in [0.25, 0.3) is 0 Å². The molecule has 0 radical (unpaired) electrons. The van der Waals surface area contributed by atoms with E-state index in [2.05, 4.69) is 13.8 Å². The summed E-state index contributed by atoms with van der Waals surface area (Å²) in [5, 5.41) is 0. The largest absolute Gasteiger partial charge is 0.330 e. The van der Waals surface area contributed by atoms with Crippen molar-refractivity contribution in [3.63, 3.8) is 0 Å². The van der Waals surface area contributed by atoms with Crippen LogP contribution in [0.25, 0.3) is 0 Å². The van der Waals surface area contributed by atoms with Crippen LogP contribution in [0.5, 0.6) is 0 Å². The number of carbonyl (C=O) groups is 3. The molecular weight excluding hydrogens is 402 g/mol. The predicted octanol–water partition coefficient (Wildman–Crippen LogP) is 5.68. The number of hydrogen-bond acceptors (Lipinski definition) is 4. The Hall–Kier alpha value is -1.43. The van der Waals surface area contributed by atoms with E-state index in [0.717, 1.165) is 44.9 Å². The molecule has 6 heteroatoms. The summed E-state index contributed by atoms with van der Waals surface area (Å²) in [6.07, 6.45) is 16.9. The molecule has 0 spiro atoms. The van der Waals surface area contributed by atoms with E-state index in [0.29, 0.717) is 38.3 Å². The van der Waals surface area contributed by atoms with Gasteiger partial charge in [-0.2, -0.15) is 0 Å². The third-order valence-corrected chi connectivity index (χ3v) is 6.48. The third-order valence-electron chi connectivity index (χ3n) is 6.48. The molecule has 1 fully saturated rings. The van der Waals surface area contributed by atoms with E-state index in [1.54, 1.807) is 4.90 Å². The van der Waals surface area contributed by atoms with Crippen LogP contribution in [0.4, 0.5) is 4.79 Å². The maximum Gasteiger partial charge on any atom is 0.327 e. The number of Topliss-reactive ketones (excluding diaryl/α,β-unsaturated/α-hetero) is 1. The lowest BCUT2D eigenvalue weighted by atomic mass is 9.93.